The molecule has 1 aliphatic rings. The van der Waals surface area contributed by atoms with E-state index in [1.165, 1.54) is 4.90 Å². The molecule has 7 heteroatoms. The van der Waals surface area contributed by atoms with Crippen LogP contribution in [0.25, 0.3) is 0 Å². The highest BCUT2D eigenvalue weighted by Gasteiger charge is 2.35. The minimum atomic E-state index is -0.930. The molecule has 7 nitrogen and oxygen atoms in total. The number of hydrogen-bond donors (Lipinski definition) is 1. The van der Waals surface area contributed by atoms with Gasteiger partial charge in [-0.2, -0.15) is 0 Å². The van der Waals surface area contributed by atoms with Gasteiger partial charge in [-0.1, -0.05) is 6.92 Å². The summed E-state index contributed by atoms with van der Waals surface area (Å²) in [5.74, 6) is -1.37. The largest absolute Gasteiger partial charge is 0.481 e. The van der Waals surface area contributed by atoms with Gasteiger partial charge in [0.05, 0.1) is 13.0 Å². The van der Waals surface area contributed by atoms with E-state index in [-0.39, 0.29) is 38.2 Å². The smallest absolute Gasteiger partial charge is 0.325 e. The molecule has 0 heterocycles. The topological polar surface area (TPSA) is 87.2 Å². The lowest BCUT2D eigenvalue weighted by Gasteiger charge is -2.29. The first-order valence-corrected chi connectivity index (χ1v) is 7.42. The molecule has 1 N–H and O–H groups in total. The van der Waals surface area contributed by atoms with Gasteiger partial charge in [-0.05, 0) is 26.2 Å². The SMILES string of the molecule is CCCN(CC(=O)OCC)C(=O)N(CCC(=O)O)C1CC1. The fourth-order valence-electron chi connectivity index (χ4n) is 2.09. The Balaban J connectivity index is 2.66. The number of amides is 2. The molecule has 1 saturated carbocycles. The van der Waals surface area contributed by atoms with Gasteiger partial charge in [0, 0.05) is 19.1 Å². The van der Waals surface area contributed by atoms with E-state index in [9.17, 15) is 14.4 Å². The van der Waals surface area contributed by atoms with Crippen LogP contribution >= 0.6 is 0 Å². The maximum atomic E-state index is 12.5. The van der Waals surface area contributed by atoms with E-state index in [1.54, 1.807) is 11.8 Å². The highest BCUT2D eigenvalue weighted by Crippen LogP contribution is 2.28. The molecule has 1 fully saturated rings. The Kier molecular flexibility index (Phi) is 6.98. The van der Waals surface area contributed by atoms with E-state index in [2.05, 4.69) is 0 Å². The molecule has 0 unspecified atom stereocenters. The summed E-state index contributed by atoms with van der Waals surface area (Å²) in [7, 11) is 0. The Morgan fingerprint density at radius 3 is 2.33 bits per heavy atom. The third kappa shape index (κ3) is 6.01. The van der Waals surface area contributed by atoms with E-state index >= 15 is 0 Å². The van der Waals surface area contributed by atoms with Gasteiger partial charge in [-0.3, -0.25) is 9.59 Å². The average molecular weight is 300 g/mol. The van der Waals surface area contributed by atoms with Crippen LogP contribution in [-0.4, -0.2) is 65.2 Å². The number of hydrogen-bond acceptors (Lipinski definition) is 4. The Hall–Kier alpha value is -1.79. The first kappa shape index (κ1) is 17.3. The average Bonchev–Trinajstić information content (AvgIpc) is 3.22. The van der Waals surface area contributed by atoms with Crippen LogP contribution in [0.1, 0.15) is 39.5 Å². The first-order chi connectivity index (χ1) is 9.99. The number of aliphatic carboxylic acids is 1. The number of esters is 1. The monoisotopic (exact) mass is 300 g/mol. The molecule has 0 aromatic heterocycles. The third-order valence-electron chi connectivity index (χ3n) is 3.19. The summed E-state index contributed by atoms with van der Waals surface area (Å²) in [6.45, 7) is 4.46. The van der Waals surface area contributed by atoms with E-state index < -0.39 is 11.9 Å². The number of nitrogens with zero attached hydrogens (tertiary/aromatic N) is 2. The van der Waals surface area contributed by atoms with Crippen molar-refractivity contribution >= 4 is 18.0 Å². The van der Waals surface area contributed by atoms with Gasteiger partial charge < -0.3 is 19.6 Å². The van der Waals surface area contributed by atoms with Gasteiger partial charge in [0.2, 0.25) is 0 Å². The minimum Gasteiger partial charge on any atom is -0.481 e. The van der Waals surface area contributed by atoms with Gasteiger partial charge in [0.15, 0.2) is 0 Å². The van der Waals surface area contributed by atoms with Crippen LogP contribution in [0.4, 0.5) is 4.79 Å². The van der Waals surface area contributed by atoms with Gasteiger partial charge in [-0.15, -0.1) is 0 Å². The zero-order chi connectivity index (χ0) is 15.8. The van der Waals surface area contributed by atoms with Gasteiger partial charge in [0.25, 0.3) is 0 Å². The summed E-state index contributed by atoms with van der Waals surface area (Å²) < 4.78 is 4.88. The van der Waals surface area contributed by atoms with Gasteiger partial charge in [0.1, 0.15) is 6.54 Å². The molecule has 0 spiro atoms. The zero-order valence-corrected chi connectivity index (χ0v) is 12.7. The molecule has 0 radical (unpaired) electrons. The second-order valence-electron chi connectivity index (χ2n) is 5.08. The van der Waals surface area contributed by atoms with Crippen molar-refractivity contribution in [3.05, 3.63) is 0 Å². The molecule has 1 rings (SSSR count). The molecule has 21 heavy (non-hydrogen) atoms. The van der Waals surface area contributed by atoms with Crippen molar-refractivity contribution < 1.29 is 24.2 Å². The summed E-state index contributed by atoms with van der Waals surface area (Å²) in [5, 5.41) is 8.78. The van der Waals surface area contributed by atoms with Crippen molar-refractivity contribution in [2.45, 2.75) is 45.6 Å². The van der Waals surface area contributed by atoms with Crippen molar-refractivity contribution in [1.29, 1.82) is 0 Å². The number of carboxylic acids is 1. The Bertz CT molecular complexity index is 382. The predicted octanol–water partition coefficient (Wildman–Crippen LogP) is 1.32. The lowest BCUT2D eigenvalue weighted by Crippen LogP contribution is -2.47. The number of carbonyl (C=O) groups is 3. The lowest BCUT2D eigenvalue weighted by molar-refractivity contribution is -0.144. The van der Waals surface area contributed by atoms with E-state index in [1.807, 2.05) is 6.92 Å². The molecular weight excluding hydrogens is 276 g/mol. The van der Waals surface area contributed by atoms with Crippen molar-refractivity contribution in [2.24, 2.45) is 0 Å². The van der Waals surface area contributed by atoms with Crippen LogP contribution in [0, 0.1) is 0 Å². The van der Waals surface area contributed by atoms with Crippen LogP contribution in [0.15, 0.2) is 0 Å². The highest BCUT2D eigenvalue weighted by molar-refractivity contribution is 5.81. The Morgan fingerprint density at radius 2 is 1.86 bits per heavy atom. The molecule has 0 bridgehead atoms. The molecule has 0 saturated heterocycles. The molecule has 2 amide bonds. The number of urea groups is 1. The van der Waals surface area contributed by atoms with E-state index in [0.29, 0.717) is 6.54 Å². The minimum absolute atomic E-state index is 0.0817. The standard InChI is InChI=1S/C14H24N2O5/c1-3-8-15(10-13(19)21-4-2)14(20)16(11-5-6-11)9-7-12(17)18/h11H,3-10H2,1-2H3,(H,17,18). The number of carboxylic acid groups (broad SMARTS) is 1. The fourth-order valence-corrected chi connectivity index (χ4v) is 2.09. The fraction of sp³-hybridized carbons (Fsp3) is 0.786. The van der Waals surface area contributed by atoms with Gasteiger partial charge >= 0.3 is 18.0 Å². The van der Waals surface area contributed by atoms with E-state index in [4.69, 9.17) is 9.84 Å². The second kappa shape index (κ2) is 8.49. The number of rotatable bonds is 9. The molecular formula is C14H24N2O5. The summed E-state index contributed by atoms with van der Waals surface area (Å²) in [6, 6.07) is -0.160. The molecule has 120 valence electrons. The first-order valence-electron chi connectivity index (χ1n) is 7.42. The summed E-state index contributed by atoms with van der Waals surface area (Å²) in [4.78, 5) is 37.8. The Labute approximate surface area is 124 Å². The number of ether oxygens (including phenoxy) is 1. The zero-order valence-electron chi connectivity index (χ0n) is 12.7. The highest BCUT2D eigenvalue weighted by atomic mass is 16.5. The van der Waals surface area contributed by atoms with Crippen molar-refractivity contribution in [1.82, 2.24) is 9.80 Å². The third-order valence-corrected chi connectivity index (χ3v) is 3.19. The van der Waals surface area contributed by atoms with E-state index in [0.717, 1.165) is 19.3 Å². The predicted molar refractivity (Wildman–Crippen MR) is 75.9 cm³/mol. The maximum absolute atomic E-state index is 12.5. The van der Waals surface area contributed by atoms with Crippen LogP contribution in [-0.2, 0) is 14.3 Å². The molecule has 1 aliphatic carbocycles. The van der Waals surface area contributed by atoms with Crippen LogP contribution in [0.5, 0.6) is 0 Å². The van der Waals surface area contributed by atoms with Crippen LogP contribution < -0.4 is 0 Å². The van der Waals surface area contributed by atoms with Crippen molar-refractivity contribution in [3.8, 4) is 0 Å². The van der Waals surface area contributed by atoms with Crippen molar-refractivity contribution in [3.63, 3.8) is 0 Å². The molecule has 0 aromatic carbocycles. The van der Waals surface area contributed by atoms with Crippen molar-refractivity contribution in [2.75, 3.05) is 26.2 Å². The maximum Gasteiger partial charge on any atom is 0.325 e. The van der Waals surface area contributed by atoms with Gasteiger partial charge in [-0.25, -0.2) is 4.79 Å². The Morgan fingerprint density at radius 1 is 1.19 bits per heavy atom. The summed E-state index contributed by atoms with van der Waals surface area (Å²) >= 11 is 0. The molecule has 0 atom stereocenters. The second-order valence-corrected chi connectivity index (χ2v) is 5.08. The number of carbonyl (C=O) groups excluding carboxylic acids is 2. The molecule has 0 aromatic rings. The summed E-state index contributed by atoms with van der Waals surface area (Å²) in [6.07, 6.45) is 2.43. The van der Waals surface area contributed by atoms with Crippen LogP contribution in [0.3, 0.4) is 0 Å². The summed E-state index contributed by atoms with van der Waals surface area (Å²) in [5.41, 5.74) is 0. The normalized spacial score (nSPS) is 13.6. The quantitative estimate of drug-likeness (QED) is 0.649. The molecule has 0 aliphatic heterocycles. The van der Waals surface area contributed by atoms with Crippen LogP contribution in [0.2, 0.25) is 0 Å². The lowest BCUT2D eigenvalue weighted by atomic mass is 10.3.